The lowest BCUT2D eigenvalue weighted by molar-refractivity contribution is -0.120. The van der Waals surface area contributed by atoms with Gasteiger partial charge >= 0.3 is 5.97 Å². The molecule has 1 saturated heterocycles. The van der Waals surface area contributed by atoms with Crippen molar-refractivity contribution in [3.63, 3.8) is 0 Å². The van der Waals surface area contributed by atoms with Gasteiger partial charge in [0, 0.05) is 18.8 Å². The molecular weight excluding hydrogens is 475 g/mol. The van der Waals surface area contributed by atoms with Gasteiger partial charge in [0.2, 0.25) is 15.9 Å². The Labute approximate surface area is 197 Å². The van der Waals surface area contributed by atoms with Crippen LogP contribution in [0.4, 0.5) is 5.69 Å². The molecular formula is C22H24Cl2N2O5S. The molecule has 1 fully saturated rings. The first-order valence-corrected chi connectivity index (χ1v) is 12.4. The minimum atomic E-state index is -3.64. The third-order valence-electron chi connectivity index (χ3n) is 5.48. The fourth-order valence-electron chi connectivity index (χ4n) is 3.68. The van der Waals surface area contributed by atoms with Crippen molar-refractivity contribution in [3.05, 3.63) is 63.1 Å². The summed E-state index contributed by atoms with van der Waals surface area (Å²) in [7, 11) is -2.35. The maximum Gasteiger partial charge on any atom is 0.338 e. The van der Waals surface area contributed by atoms with E-state index in [1.54, 1.807) is 37.3 Å². The number of sulfonamides is 1. The molecule has 0 bridgehead atoms. The van der Waals surface area contributed by atoms with Crippen LogP contribution in [0.15, 0.2) is 36.4 Å². The van der Waals surface area contributed by atoms with Gasteiger partial charge in [-0.2, -0.15) is 0 Å². The molecule has 3 rings (SSSR count). The number of hydrogen-bond acceptors (Lipinski definition) is 5. The summed E-state index contributed by atoms with van der Waals surface area (Å²) in [6, 6.07) is 9.69. The average Bonchev–Trinajstić information content (AvgIpc) is 2.77. The van der Waals surface area contributed by atoms with Crippen LogP contribution in [0.2, 0.25) is 10.0 Å². The van der Waals surface area contributed by atoms with Gasteiger partial charge in [-0.05, 0) is 55.2 Å². The number of nitrogens with zero attached hydrogens (tertiary/aromatic N) is 1. The maximum absolute atomic E-state index is 13.0. The Hall–Kier alpha value is -2.13. The van der Waals surface area contributed by atoms with Gasteiger partial charge in [-0.3, -0.25) is 4.79 Å². The molecule has 1 unspecified atom stereocenters. The van der Waals surface area contributed by atoms with Gasteiger partial charge < -0.3 is 10.1 Å². The number of amides is 1. The number of rotatable bonds is 6. The number of anilines is 1. The zero-order valence-corrected chi connectivity index (χ0v) is 20.1. The molecule has 1 N–H and O–H groups in total. The zero-order chi connectivity index (χ0) is 23.5. The first-order chi connectivity index (χ1) is 15.1. The molecule has 0 radical (unpaired) electrons. The summed E-state index contributed by atoms with van der Waals surface area (Å²) < 4.78 is 32.0. The van der Waals surface area contributed by atoms with E-state index in [0.717, 1.165) is 0 Å². The van der Waals surface area contributed by atoms with Crippen molar-refractivity contribution in [2.75, 3.05) is 25.5 Å². The van der Waals surface area contributed by atoms with Crippen LogP contribution >= 0.6 is 23.2 Å². The number of benzene rings is 2. The van der Waals surface area contributed by atoms with E-state index in [0.29, 0.717) is 51.8 Å². The van der Waals surface area contributed by atoms with Gasteiger partial charge in [0.15, 0.2) is 0 Å². The van der Waals surface area contributed by atoms with Crippen LogP contribution in [0.3, 0.4) is 0 Å². The highest BCUT2D eigenvalue weighted by molar-refractivity contribution is 7.88. The normalized spacial score (nSPS) is 17.1. The van der Waals surface area contributed by atoms with Gasteiger partial charge in [-0.15, -0.1) is 0 Å². The summed E-state index contributed by atoms with van der Waals surface area (Å²) in [4.78, 5) is 24.8. The summed E-state index contributed by atoms with van der Waals surface area (Å²) in [5.41, 5.74) is 1.97. The summed E-state index contributed by atoms with van der Waals surface area (Å²) in [5, 5.41) is 3.48. The number of carbonyl (C=O) groups excluding carboxylic acids is 2. The molecule has 1 atom stereocenters. The molecule has 0 spiro atoms. The molecule has 10 heteroatoms. The summed E-state index contributed by atoms with van der Waals surface area (Å²) >= 11 is 11.9. The fourth-order valence-corrected chi connectivity index (χ4v) is 5.60. The lowest BCUT2D eigenvalue weighted by atomic mass is 9.98. The second kappa shape index (κ2) is 10.2. The van der Waals surface area contributed by atoms with Gasteiger partial charge in [-0.25, -0.2) is 17.5 Å². The zero-order valence-electron chi connectivity index (χ0n) is 17.7. The monoisotopic (exact) mass is 498 g/mol. The van der Waals surface area contributed by atoms with E-state index in [-0.39, 0.29) is 18.2 Å². The number of methoxy groups -OCH3 is 1. The van der Waals surface area contributed by atoms with Crippen LogP contribution in [0.25, 0.3) is 0 Å². The van der Waals surface area contributed by atoms with E-state index in [1.807, 2.05) is 0 Å². The van der Waals surface area contributed by atoms with Gasteiger partial charge in [0.25, 0.3) is 0 Å². The molecule has 0 aliphatic carbocycles. The highest BCUT2D eigenvalue weighted by Crippen LogP contribution is 2.27. The van der Waals surface area contributed by atoms with Crippen LogP contribution in [-0.2, 0) is 25.3 Å². The summed E-state index contributed by atoms with van der Waals surface area (Å²) in [6.07, 6.45) is 1.14. The third-order valence-corrected chi connectivity index (χ3v) is 8.03. The fraction of sp³-hybridized carbons (Fsp3) is 0.364. The van der Waals surface area contributed by atoms with E-state index in [9.17, 15) is 18.0 Å². The molecule has 1 aliphatic heterocycles. The predicted molar refractivity (Wildman–Crippen MR) is 125 cm³/mol. The Bertz CT molecular complexity index is 1140. The number of esters is 1. The molecule has 1 heterocycles. The van der Waals surface area contributed by atoms with Crippen LogP contribution in [0.1, 0.15) is 34.3 Å². The maximum atomic E-state index is 13.0. The predicted octanol–water partition coefficient (Wildman–Crippen LogP) is 4.27. The number of ether oxygens (including phenoxy) is 1. The second-order valence-electron chi connectivity index (χ2n) is 7.66. The van der Waals surface area contributed by atoms with E-state index >= 15 is 0 Å². The summed E-state index contributed by atoms with van der Waals surface area (Å²) in [5.74, 6) is -1.51. The number of halogens is 2. The molecule has 32 heavy (non-hydrogen) atoms. The minimum absolute atomic E-state index is 0.0885. The van der Waals surface area contributed by atoms with Crippen LogP contribution < -0.4 is 5.32 Å². The van der Waals surface area contributed by atoms with E-state index in [1.165, 1.54) is 17.5 Å². The van der Waals surface area contributed by atoms with Crippen molar-refractivity contribution in [1.29, 1.82) is 0 Å². The third kappa shape index (κ3) is 5.61. The lowest BCUT2D eigenvalue weighted by Crippen LogP contribution is -2.44. The Morgan fingerprint density at radius 3 is 2.62 bits per heavy atom. The number of carbonyl (C=O) groups is 2. The molecule has 7 nitrogen and oxygen atoms in total. The van der Waals surface area contributed by atoms with Crippen LogP contribution in [0, 0.1) is 12.8 Å². The Balaban J connectivity index is 1.71. The first-order valence-electron chi connectivity index (χ1n) is 10.0. The highest BCUT2D eigenvalue weighted by Gasteiger charge is 2.32. The van der Waals surface area contributed by atoms with Gasteiger partial charge in [0.05, 0.1) is 34.4 Å². The van der Waals surface area contributed by atoms with E-state index in [4.69, 9.17) is 27.9 Å². The van der Waals surface area contributed by atoms with Crippen molar-refractivity contribution >= 4 is 50.8 Å². The van der Waals surface area contributed by atoms with Gasteiger partial charge in [-0.1, -0.05) is 35.3 Å². The SMILES string of the molecule is COC(=O)c1cccc(NC(=O)C2CCCN(S(=O)(=O)Cc3ccc(Cl)c(Cl)c3)C2)c1C. The molecule has 0 aromatic heterocycles. The number of nitrogens with one attached hydrogen (secondary N) is 1. The molecule has 1 amide bonds. The Morgan fingerprint density at radius 1 is 1.19 bits per heavy atom. The largest absolute Gasteiger partial charge is 0.465 e. The summed E-state index contributed by atoms with van der Waals surface area (Å²) in [6.45, 7) is 2.16. The van der Waals surface area contributed by atoms with Crippen molar-refractivity contribution in [1.82, 2.24) is 4.31 Å². The van der Waals surface area contributed by atoms with Crippen LogP contribution in [-0.4, -0.2) is 44.8 Å². The lowest BCUT2D eigenvalue weighted by Gasteiger charge is -2.31. The number of piperidine rings is 1. The van der Waals surface area contributed by atoms with Gasteiger partial charge in [0.1, 0.15) is 0 Å². The van der Waals surface area contributed by atoms with Crippen LogP contribution in [0.5, 0.6) is 0 Å². The molecule has 1 aliphatic rings. The van der Waals surface area contributed by atoms with Crippen molar-refractivity contribution < 1.29 is 22.7 Å². The molecule has 172 valence electrons. The topological polar surface area (TPSA) is 92.8 Å². The molecule has 0 saturated carbocycles. The molecule has 2 aromatic rings. The average molecular weight is 499 g/mol. The smallest absolute Gasteiger partial charge is 0.338 e. The Kier molecular flexibility index (Phi) is 7.82. The number of hydrogen-bond donors (Lipinski definition) is 1. The minimum Gasteiger partial charge on any atom is -0.465 e. The standard InChI is InChI=1S/C22H24Cl2N2O5S/c1-14-17(22(28)31-2)6-3-7-20(14)25-21(27)16-5-4-10-26(12-16)32(29,30)13-15-8-9-18(23)19(24)11-15/h3,6-9,11,16H,4-5,10,12-13H2,1-2H3,(H,25,27). The van der Waals surface area contributed by atoms with Crippen molar-refractivity contribution in [2.45, 2.75) is 25.5 Å². The second-order valence-corrected chi connectivity index (χ2v) is 10.4. The van der Waals surface area contributed by atoms with E-state index in [2.05, 4.69) is 5.32 Å². The quantitative estimate of drug-likeness (QED) is 0.600. The molecule has 2 aromatic carbocycles. The highest BCUT2D eigenvalue weighted by atomic mass is 35.5. The van der Waals surface area contributed by atoms with Crippen molar-refractivity contribution in [3.8, 4) is 0 Å². The van der Waals surface area contributed by atoms with Crippen molar-refractivity contribution in [2.24, 2.45) is 5.92 Å². The first kappa shape index (κ1) is 24.5. The van der Waals surface area contributed by atoms with E-state index < -0.39 is 21.9 Å². The Morgan fingerprint density at radius 2 is 1.94 bits per heavy atom.